The van der Waals surface area contributed by atoms with Gasteiger partial charge in [0.2, 0.25) is 0 Å². The number of hydrogen-bond acceptors (Lipinski definition) is 0. The molecule has 0 N–H and O–H groups in total. The van der Waals surface area contributed by atoms with Crippen LogP contribution in [0.4, 0.5) is 0 Å². The molecule has 3 rings (SSSR count). The van der Waals surface area contributed by atoms with Crippen molar-refractivity contribution in [3.8, 4) is 0 Å². The van der Waals surface area contributed by atoms with Gasteiger partial charge in [-0.15, -0.1) is 0 Å². The molecule has 0 spiro atoms. The van der Waals surface area contributed by atoms with E-state index in [1.54, 1.807) is 5.56 Å². The van der Waals surface area contributed by atoms with E-state index in [0.717, 1.165) is 23.7 Å². The number of benzene rings is 1. The normalized spacial score (nSPS) is 30.2. The molecule has 0 radical (unpaired) electrons. The molecule has 1 aromatic carbocycles. The molecule has 0 heteroatoms. The van der Waals surface area contributed by atoms with Gasteiger partial charge in [0.1, 0.15) is 0 Å². The highest BCUT2D eigenvalue weighted by Crippen LogP contribution is 2.37. The maximum absolute atomic E-state index is 2.60. The van der Waals surface area contributed by atoms with Crippen LogP contribution >= 0.6 is 0 Å². The SMILES string of the molecule is C/C=C/CCC1CCC(/C=C/C2CCC(c3ccc(C)cc3)CC2)CC1.[HH].[HH]. The Balaban J connectivity index is 0.00000196. The van der Waals surface area contributed by atoms with Crippen LogP contribution in [0.3, 0.4) is 0 Å². The van der Waals surface area contributed by atoms with Crippen LogP contribution in [0.2, 0.25) is 0 Å². The van der Waals surface area contributed by atoms with Crippen molar-refractivity contribution < 1.29 is 2.85 Å². The fourth-order valence-corrected chi connectivity index (χ4v) is 4.97. The maximum Gasteiger partial charge on any atom is 0 e. The Hall–Kier alpha value is -1.30. The lowest BCUT2D eigenvalue weighted by atomic mass is 9.77. The molecule has 2 aliphatic carbocycles. The summed E-state index contributed by atoms with van der Waals surface area (Å²) in [4.78, 5) is 0. The number of hydrogen-bond donors (Lipinski definition) is 0. The molecule has 2 aliphatic rings. The summed E-state index contributed by atoms with van der Waals surface area (Å²) in [5.74, 6) is 3.49. The molecule has 0 atom stereocenters. The second-order valence-corrected chi connectivity index (χ2v) is 8.83. The minimum absolute atomic E-state index is 0. The third-order valence-electron chi connectivity index (χ3n) is 6.84. The van der Waals surface area contributed by atoms with Crippen LogP contribution in [0.1, 0.15) is 91.0 Å². The van der Waals surface area contributed by atoms with E-state index >= 15 is 0 Å². The van der Waals surface area contributed by atoms with E-state index in [4.69, 9.17) is 0 Å². The highest BCUT2D eigenvalue weighted by molar-refractivity contribution is 5.25. The van der Waals surface area contributed by atoms with Gasteiger partial charge in [0.05, 0.1) is 0 Å². The van der Waals surface area contributed by atoms with Crippen LogP contribution in [0.5, 0.6) is 0 Å². The number of aryl methyl sites for hydroxylation is 1. The smallest absolute Gasteiger partial charge is 0 e. The van der Waals surface area contributed by atoms with E-state index in [2.05, 4.69) is 62.4 Å². The lowest BCUT2D eigenvalue weighted by molar-refractivity contribution is 0.295. The molecule has 0 nitrogen and oxygen atoms in total. The summed E-state index contributed by atoms with van der Waals surface area (Å²) in [6.07, 6.45) is 23.7. The first kappa shape index (κ1) is 19.5. The van der Waals surface area contributed by atoms with E-state index in [-0.39, 0.29) is 2.85 Å². The molecular weight excluding hydrogens is 312 g/mol. The maximum atomic E-state index is 2.60. The molecule has 0 aromatic heterocycles. The van der Waals surface area contributed by atoms with Gasteiger partial charge in [-0.2, -0.15) is 0 Å². The first-order valence-electron chi connectivity index (χ1n) is 11.1. The van der Waals surface area contributed by atoms with Crippen molar-refractivity contribution in [3.63, 3.8) is 0 Å². The summed E-state index contributed by atoms with van der Waals surface area (Å²) in [7, 11) is 0. The number of rotatable bonds is 6. The zero-order valence-electron chi connectivity index (χ0n) is 17.0. The fourth-order valence-electron chi connectivity index (χ4n) is 4.97. The van der Waals surface area contributed by atoms with E-state index in [9.17, 15) is 0 Å². The van der Waals surface area contributed by atoms with E-state index < -0.39 is 0 Å². The summed E-state index contributed by atoms with van der Waals surface area (Å²) in [6.45, 7) is 4.32. The largest absolute Gasteiger partial charge is 0.0917 e. The predicted octanol–water partition coefficient (Wildman–Crippen LogP) is 8.48. The van der Waals surface area contributed by atoms with Gasteiger partial charge in [0.25, 0.3) is 0 Å². The van der Waals surface area contributed by atoms with E-state index in [1.807, 2.05) is 0 Å². The molecule has 0 aliphatic heterocycles. The minimum Gasteiger partial charge on any atom is -0.0917 e. The Labute approximate surface area is 164 Å². The van der Waals surface area contributed by atoms with Crippen LogP contribution in [-0.2, 0) is 0 Å². The third kappa shape index (κ3) is 5.86. The van der Waals surface area contributed by atoms with Crippen molar-refractivity contribution in [1.29, 1.82) is 0 Å². The summed E-state index contributed by atoms with van der Waals surface area (Å²) in [5.41, 5.74) is 2.94. The first-order valence-corrected chi connectivity index (χ1v) is 11.1. The molecule has 0 amide bonds. The van der Waals surface area contributed by atoms with Gasteiger partial charge >= 0.3 is 0 Å². The average Bonchev–Trinajstić information content (AvgIpc) is 2.69. The quantitative estimate of drug-likeness (QED) is 0.449. The summed E-state index contributed by atoms with van der Waals surface area (Å²) >= 11 is 0. The van der Waals surface area contributed by atoms with Gasteiger partial charge in [-0.3, -0.25) is 0 Å². The molecule has 0 heterocycles. The zero-order valence-corrected chi connectivity index (χ0v) is 17.0. The molecule has 2 saturated carbocycles. The standard InChI is InChI=1S/C26H38.2H2/c1-3-4-5-6-22-9-11-23(12-10-22)13-14-24-15-19-26(20-16-24)25-17-7-21(2)8-18-25;;/h3-4,7-8,13-14,17-18,22-24,26H,5-6,9-12,15-16,19-20H2,1-2H3;2*1H/b4-3+,14-13+;;. The van der Waals surface area contributed by atoms with Crippen molar-refractivity contribution in [2.75, 3.05) is 0 Å². The Kier molecular flexibility index (Phi) is 7.59. The highest BCUT2D eigenvalue weighted by atomic mass is 14.3. The first-order chi connectivity index (χ1) is 12.7. The fraction of sp³-hybridized carbons (Fsp3) is 0.615. The van der Waals surface area contributed by atoms with Gasteiger partial charge in [-0.25, -0.2) is 0 Å². The molecule has 2 fully saturated rings. The summed E-state index contributed by atoms with van der Waals surface area (Å²) < 4.78 is 0. The van der Waals surface area contributed by atoms with Gasteiger partial charge in [-0.05, 0) is 107 Å². The Bertz CT molecular complexity index is 571. The number of allylic oxidation sites excluding steroid dienone is 4. The summed E-state index contributed by atoms with van der Waals surface area (Å²) in [5, 5.41) is 0. The monoisotopic (exact) mass is 354 g/mol. The lowest BCUT2D eigenvalue weighted by Gasteiger charge is -2.29. The minimum atomic E-state index is 0. The molecule has 0 bridgehead atoms. The van der Waals surface area contributed by atoms with Crippen molar-refractivity contribution in [3.05, 3.63) is 59.7 Å². The van der Waals surface area contributed by atoms with Crippen molar-refractivity contribution in [2.45, 2.75) is 84.0 Å². The molecule has 26 heavy (non-hydrogen) atoms. The van der Waals surface area contributed by atoms with Gasteiger partial charge < -0.3 is 0 Å². The summed E-state index contributed by atoms with van der Waals surface area (Å²) in [6, 6.07) is 9.25. The van der Waals surface area contributed by atoms with Gasteiger partial charge in [-0.1, -0.05) is 54.1 Å². The molecule has 146 valence electrons. The Morgan fingerprint density at radius 3 is 2.00 bits per heavy atom. The lowest BCUT2D eigenvalue weighted by Crippen LogP contribution is -2.14. The highest BCUT2D eigenvalue weighted by Gasteiger charge is 2.22. The van der Waals surface area contributed by atoms with Crippen LogP contribution in [0, 0.1) is 24.7 Å². The molecular formula is C26H42. The molecule has 1 aromatic rings. The average molecular weight is 355 g/mol. The topological polar surface area (TPSA) is 0 Å². The van der Waals surface area contributed by atoms with Crippen LogP contribution in [-0.4, -0.2) is 0 Å². The van der Waals surface area contributed by atoms with Crippen molar-refractivity contribution >= 4 is 0 Å². The van der Waals surface area contributed by atoms with Gasteiger partial charge in [0.15, 0.2) is 0 Å². The molecule has 0 saturated heterocycles. The van der Waals surface area contributed by atoms with E-state index in [0.29, 0.717) is 0 Å². The van der Waals surface area contributed by atoms with Crippen LogP contribution < -0.4 is 0 Å². The van der Waals surface area contributed by atoms with Crippen molar-refractivity contribution in [1.82, 2.24) is 0 Å². The second-order valence-electron chi connectivity index (χ2n) is 8.83. The van der Waals surface area contributed by atoms with Gasteiger partial charge in [0, 0.05) is 2.85 Å². The van der Waals surface area contributed by atoms with Crippen LogP contribution in [0.25, 0.3) is 0 Å². The molecule has 0 unspecified atom stereocenters. The predicted molar refractivity (Wildman–Crippen MR) is 119 cm³/mol. The third-order valence-corrected chi connectivity index (χ3v) is 6.84. The van der Waals surface area contributed by atoms with Crippen molar-refractivity contribution in [2.24, 2.45) is 17.8 Å². The zero-order chi connectivity index (χ0) is 18.2. The Morgan fingerprint density at radius 1 is 0.846 bits per heavy atom. The Morgan fingerprint density at radius 2 is 1.42 bits per heavy atom. The van der Waals surface area contributed by atoms with E-state index in [1.165, 1.54) is 69.8 Å². The second kappa shape index (κ2) is 10.1. The van der Waals surface area contributed by atoms with Crippen LogP contribution in [0.15, 0.2) is 48.6 Å².